The molecule has 0 radical (unpaired) electrons. The SMILES string of the molecule is Nc1nccc(-c2c(-c3ccc(F)cc3)ncn2C2CCC(N=O)CC2)n1. The summed E-state index contributed by atoms with van der Waals surface area (Å²) in [5, 5.41) is 3.18. The van der Waals surface area contributed by atoms with Crippen molar-refractivity contribution in [1.82, 2.24) is 19.5 Å². The average molecular weight is 366 g/mol. The minimum Gasteiger partial charge on any atom is -0.368 e. The Morgan fingerprint density at radius 1 is 1.07 bits per heavy atom. The van der Waals surface area contributed by atoms with Gasteiger partial charge < -0.3 is 10.3 Å². The van der Waals surface area contributed by atoms with E-state index < -0.39 is 0 Å². The van der Waals surface area contributed by atoms with E-state index in [4.69, 9.17) is 5.73 Å². The van der Waals surface area contributed by atoms with Crippen LogP contribution in [0.2, 0.25) is 0 Å². The summed E-state index contributed by atoms with van der Waals surface area (Å²) in [6.07, 6.45) is 6.57. The Hall–Kier alpha value is -3.16. The number of hydrogen-bond donors (Lipinski definition) is 1. The van der Waals surface area contributed by atoms with Crippen molar-refractivity contribution in [3.05, 3.63) is 53.6 Å². The van der Waals surface area contributed by atoms with Gasteiger partial charge in [0.1, 0.15) is 5.82 Å². The van der Waals surface area contributed by atoms with Gasteiger partial charge in [0.15, 0.2) is 0 Å². The highest BCUT2D eigenvalue weighted by Gasteiger charge is 2.27. The lowest BCUT2D eigenvalue weighted by Crippen LogP contribution is -2.20. The van der Waals surface area contributed by atoms with Gasteiger partial charge in [0.05, 0.1) is 29.5 Å². The molecule has 0 atom stereocenters. The molecule has 0 unspecified atom stereocenters. The molecule has 0 saturated heterocycles. The zero-order valence-corrected chi connectivity index (χ0v) is 14.6. The number of aromatic nitrogens is 4. The molecule has 7 nitrogen and oxygen atoms in total. The van der Waals surface area contributed by atoms with Crippen LogP contribution in [-0.2, 0) is 0 Å². The third kappa shape index (κ3) is 3.42. The van der Waals surface area contributed by atoms with Crippen molar-refractivity contribution in [1.29, 1.82) is 0 Å². The van der Waals surface area contributed by atoms with Crippen LogP contribution in [-0.4, -0.2) is 25.6 Å². The van der Waals surface area contributed by atoms with Crippen molar-refractivity contribution < 1.29 is 4.39 Å². The Balaban J connectivity index is 1.80. The molecule has 2 aromatic heterocycles. The number of hydrogen-bond acceptors (Lipinski definition) is 6. The largest absolute Gasteiger partial charge is 0.368 e. The molecule has 1 aliphatic rings. The van der Waals surface area contributed by atoms with Crippen molar-refractivity contribution in [2.24, 2.45) is 5.18 Å². The first kappa shape index (κ1) is 17.3. The minimum absolute atomic E-state index is 0.112. The van der Waals surface area contributed by atoms with E-state index in [-0.39, 0.29) is 23.8 Å². The second-order valence-corrected chi connectivity index (χ2v) is 6.72. The summed E-state index contributed by atoms with van der Waals surface area (Å²) in [6, 6.07) is 8.08. The molecule has 27 heavy (non-hydrogen) atoms. The third-order valence-corrected chi connectivity index (χ3v) is 5.04. The van der Waals surface area contributed by atoms with Gasteiger partial charge in [0.25, 0.3) is 0 Å². The van der Waals surface area contributed by atoms with E-state index in [0.29, 0.717) is 11.4 Å². The van der Waals surface area contributed by atoms with Gasteiger partial charge in [0.2, 0.25) is 5.95 Å². The zero-order valence-electron chi connectivity index (χ0n) is 14.6. The number of nitrogen functional groups attached to an aromatic ring is 1. The summed E-state index contributed by atoms with van der Waals surface area (Å²) in [5.41, 5.74) is 8.78. The van der Waals surface area contributed by atoms with E-state index in [1.54, 1.807) is 30.7 Å². The molecule has 0 spiro atoms. The standard InChI is InChI=1S/C19H19FN6O/c20-13-3-1-12(2-4-13)17-18(16-9-10-22-19(21)24-16)26(11-23-17)15-7-5-14(25-27)6-8-15/h1-4,9-11,14-15H,5-8H2,(H2,21,22,24). The quantitative estimate of drug-likeness (QED) is 0.704. The molecule has 1 aromatic carbocycles. The molecular weight excluding hydrogens is 347 g/mol. The first-order valence-electron chi connectivity index (χ1n) is 8.90. The smallest absolute Gasteiger partial charge is 0.220 e. The Labute approximate surface area is 155 Å². The predicted molar refractivity (Wildman–Crippen MR) is 100 cm³/mol. The van der Waals surface area contributed by atoms with E-state index in [9.17, 15) is 9.30 Å². The molecule has 0 bridgehead atoms. The number of rotatable bonds is 4. The van der Waals surface area contributed by atoms with E-state index in [2.05, 4.69) is 24.7 Å². The summed E-state index contributed by atoms with van der Waals surface area (Å²) in [5.74, 6) is -0.120. The summed E-state index contributed by atoms with van der Waals surface area (Å²) < 4.78 is 15.4. The first-order valence-corrected chi connectivity index (χ1v) is 8.90. The van der Waals surface area contributed by atoms with E-state index in [0.717, 1.165) is 36.9 Å². The molecule has 1 saturated carbocycles. The Morgan fingerprint density at radius 2 is 1.81 bits per heavy atom. The van der Waals surface area contributed by atoms with Gasteiger partial charge in [0, 0.05) is 17.8 Å². The number of nitrogens with zero attached hydrogens (tertiary/aromatic N) is 5. The fourth-order valence-corrected chi connectivity index (χ4v) is 3.66. The number of imidazole rings is 1. The van der Waals surface area contributed by atoms with Crippen LogP contribution < -0.4 is 5.73 Å². The molecule has 0 aliphatic heterocycles. The Morgan fingerprint density at radius 3 is 2.48 bits per heavy atom. The van der Waals surface area contributed by atoms with Crippen LogP contribution in [0.25, 0.3) is 22.6 Å². The molecule has 8 heteroatoms. The number of anilines is 1. The molecule has 1 fully saturated rings. The van der Waals surface area contributed by atoms with Gasteiger partial charge in [-0.25, -0.2) is 19.3 Å². The topological polar surface area (TPSA) is 99.0 Å². The lowest BCUT2D eigenvalue weighted by Gasteiger charge is -2.27. The average Bonchev–Trinajstić information content (AvgIpc) is 3.14. The van der Waals surface area contributed by atoms with E-state index >= 15 is 0 Å². The minimum atomic E-state index is -0.300. The maximum atomic E-state index is 13.3. The number of benzene rings is 1. The normalized spacial score (nSPS) is 19.7. The maximum absolute atomic E-state index is 13.3. The van der Waals surface area contributed by atoms with Crippen molar-refractivity contribution >= 4 is 5.95 Å². The fraction of sp³-hybridized carbons (Fsp3) is 0.316. The van der Waals surface area contributed by atoms with Gasteiger partial charge in [-0.1, -0.05) is 5.18 Å². The van der Waals surface area contributed by atoms with E-state index in [1.807, 2.05) is 0 Å². The van der Waals surface area contributed by atoms with Crippen molar-refractivity contribution in [3.63, 3.8) is 0 Å². The van der Waals surface area contributed by atoms with Crippen LogP contribution >= 0.6 is 0 Å². The highest BCUT2D eigenvalue weighted by Crippen LogP contribution is 2.37. The maximum Gasteiger partial charge on any atom is 0.220 e. The zero-order chi connectivity index (χ0) is 18.8. The molecule has 1 aliphatic carbocycles. The van der Waals surface area contributed by atoms with Crippen molar-refractivity contribution in [2.75, 3.05) is 5.73 Å². The van der Waals surface area contributed by atoms with Crippen LogP contribution in [0.5, 0.6) is 0 Å². The first-order chi connectivity index (χ1) is 13.2. The van der Waals surface area contributed by atoms with Gasteiger partial charge >= 0.3 is 0 Å². The molecule has 138 valence electrons. The molecule has 2 heterocycles. The molecular formula is C19H19FN6O. The summed E-state index contributed by atoms with van der Waals surface area (Å²) in [6.45, 7) is 0. The lowest BCUT2D eigenvalue weighted by atomic mass is 9.91. The fourth-order valence-electron chi connectivity index (χ4n) is 3.66. The lowest BCUT2D eigenvalue weighted by molar-refractivity contribution is 0.325. The second-order valence-electron chi connectivity index (χ2n) is 6.72. The summed E-state index contributed by atoms with van der Waals surface area (Å²) in [4.78, 5) is 23.7. The molecule has 0 amide bonds. The highest BCUT2D eigenvalue weighted by molar-refractivity contribution is 5.77. The number of nitroso groups, excluding NO2 is 1. The second kappa shape index (κ2) is 7.22. The monoisotopic (exact) mass is 366 g/mol. The molecule has 3 aromatic rings. The predicted octanol–water partition coefficient (Wildman–Crippen LogP) is 3.98. The highest BCUT2D eigenvalue weighted by atomic mass is 19.1. The van der Waals surface area contributed by atoms with Crippen LogP contribution in [0.1, 0.15) is 31.7 Å². The van der Waals surface area contributed by atoms with Crippen molar-refractivity contribution in [3.8, 4) is 22.6 Å². The van der Waals surface area contributed by atoms with Crippen LogP contribution in [0.4, 0.5) is 10.3 Å². The number of nitrogens with two attached hydrogens (primary N) is 1. The Bertz CT molecular complexity index is 947. The molecule has 4 rings (SSSR count). The van der Waals surface area contributed by atoms with E-state index in [1.165, 1.54) is 12.1 Å². The van der Waals surface area contributed by atoms with Crippen LogP contribution in [0, 0.1) is 10.7 Å². The van der Waals surface area contributed by atoms with Crippen LogP contribution in [0.3, 0.4) is 0 Å². The van der Waals surface area contributed by atoms with Gasteiger partial charge in [-0.2, -0.15) is 4.91 Å². The van der Waals surface area contributed by atoms with Crippen molar-refractivity contribution in [2.45, 2.75) is 37.8 Å². The van der Waals surface area contributed by atoms with Gasteiger partial charge in [-0.05, 0) is 56.0 Å². The number of halogens is 1. The summed E-state index contributed by atoms with van der Waals surface area (Å²) >= 11 is 0. The Kier molecular flexibility index (Phi) is 4.62. The van der Waals surface area contributed by atoms with Crippen LogP contribution in [0.15, 0.2) is 48.0 Å². The van der Waals surface area contributed by atoms with Gasteiger partial charge in [-0.3, -0.25) is 0 Å². The van der Waals surface area contributed by atoms with Gasteiger partial charge in [-0.15, -0.1) is 0 Å². The molecule has 2 N–H and O–H groups in total. The summed E-state index contributed by atoms with van der Waals surface area (Å²) in [7, 11) is 0. The third-order valence-electron chi connectivity index (χ3n) is 5.04.